The van der Waals surface area contributed by atoms with Crippen LogP contribution in [0.15, 0.2) is 72.8 Å². The van der Waals surface area contributed by atoms with E-state index in [1.54, 1.807) is 5.06 Å². The van der Waals surface area contributed by atoms with E-state index >= 15 is 0 Å². The van der Waals surface area contributed by atoms with E-state index in [0.717, 1.165) is 16.9 Å². The van der Waals surface area contributed by atoms with Gasteiger partial charge in [-0.1, -0.05) is 37.3 Å². The van der Waals surface area contributed by atoms with E-state index in [1.807, 2.05) is 62.4 Å². The van der Waals surface area contributed by atoms with Gasteiger partial charge in [0.25, 0.3) is 5.91 Å². The number of benzene rings is 3. The van der Waals surface area contributed by atoms with Gasteiger partial charge in [0.05, 0.1) is 30.6 Å². The number of hydroxylamine groups is 1. The minimum Gasteiger partial charge on any atom is -0.490 e. The number of hydrogen-bond donors (Lipinski definition) is 0. The molecule has 7 nitrogen and oxygen atoms in total. The van der Waals surface area contributed by atoms with Gasteiger partial charge < -0.3 is 9.47 Å². The molecule has 2 saturated heterocycles. The molecule has 8 heteroatoms. The highest BCUT2D eigenvalue weighted by Gasteiger charge is 2.60. The molecule has 0 unspecified atom stereocenters. The van der Waals surface area contributed by atoms with E-state index < -0.39 is 35.7 Å². The van der Waals surface area contributed by atoms with Crippen molar-refractivity contribution in [1.82, 2.24) is 0 Å². The Balaban J connectivity index is 1.58. The molecule has 0 spiro atoms. The molecule has 0 aromatic heterocycles. The molecule has 2 fully saturated rings. The summed E-state index contributed by atoms with van der Waals surface area (Å²) in [6, 6.07) is 19.7. The van der Waals surface area contributed by atoms with Crippen molar-refractivity contribution in [3.05, 3.63) is 84.2 Å². The van der Waals surface area contributed by atoms with E-state index in [9.17, 15) is 14.0 Å². The second-order valence-electron chi connectivity index (χ2n) is 8.64. The van der Waals surface area contributed by atoms with Crippen LogP contribution in [0, 0.1) is 11.7 Å². The van der Waals surface area contributed by atoms with Crippen LogP contribution in [0.5, 0.6) is 11.5 Å². The minimum absolute atomic E-state index is 0.186. The van der Waals surface area contributed by atoms with Crippen LogP contribution >= 0.6 is 0 Å². The SMILES string of the molecule is CCCOc1ccc([C@@H]2[C@H]3C(=O)N(c4cccc(F)c4)C(=O)[C@@H]3ON2c2ccccc2)cc1OCC. The van der Waals surface area contributed by atoms with Gasteiger partial charge in [-0.3, -0.25) is 14.4 Å². The summed E-state index contributed by atoms with van der Waals surface area (Å²) >= 11 is 0. The molecule has 0 aliphatic carbocycles. The number of rotatable bonds is 8. The van der Waals surface area contributed by atoms with Gasteiger partial charge in [-0.05, 0) is 61.4 Å². The zero-order valence-electron chi connectivity index (χ0n) is 20.1. The maximum absolute atomic E-state index is 13.9. The molecule has 0 bridgehead atoms. The van der Waals surface area contributed by atoms with Crippen molar-refractivity contribution in [2.24, 2.45) is 5.92 Å². The molecule has 3 aromatic rings. The third-order valence-electron chi connectivity index (χ3n) is 6.26. The van der Waals surface area contributed by atoms with E-state index in [0.29, 0.717) is 30.4 Å². The molecule has 2 aliphatic heterocycles. The fourth-order valence-electron chi connectivity index (χ4n) is 4.73. The molecule has 2 aliphatic rings. The fourth-order valence-corrected chi connectivity index (χ4v) is 4.73. The highest BCUT2D eigenvalue weighted by Crippen LogP contribution is 2.48. The second kappa shape index (κ2) is 9.99. The van der Waals surface area contributed by atoms with Crippen molar-refractivity contribution in [3.63, 3.8) is 0 Å². The molecule has 0 N–H and O–H groups in total. The third-order valence-corrected chi connectivity index (χ3v) is 6.26. The van der Waals surface area contributed by atoms with Gasteiger partial charge in [-0.25, -0.2) is 14.4 Å². The highest BCUT2D eigenvalue weighted by atomic mass is 19.1. The summed E-state index contributed by atoms with van der Waals surface area (Å²) in [6.45, 7) is 4.89. The molecular weight excluding hydrogens is 463 g/mol. The average Bonchev–Trinajstić information content (AvgIpc) is 3.39. The first-order valence-corrected chi connectivity index (χ1v) is 12.1. The fraction of sp³-hybridized carbons (Fsp3) is 0.286. The lowest BCUT2D eigenvalue weighted by Crippen LogP contribution is -2.37. The molecule has 3 atom stereocenters. The lowest BCUT2D eigenvalue weighted by molar-refractivity contribution is -0.126. The predicted octanol–water partition coefficient (Wildman–Crippen LogP) is 5.06. The number of imide groups is 1. The van der Waals surface area contributed by atoms with Crippen LogP contribution in [0.2, 0.25) is 0 Å². The van der Waals surface area contributed by atoms with E-state index in [2.05, 4.69) is 0 Å². The first kappa shape index (κ1) is 23.8. The van der Waals surface area contributed by atoms with Gasteiger partial charge in [0.15, 0.2) is 17.6 Å². The lowest BCUT2D eigenvalue weighted by atomic mass is 9.90. The molecular formula is C28H27FN2O5. The monoisotopic (exact) mass is 490 g/mol. The summed E-state index contributed by atoms with van der Waals surface area (Å²) in [7, 11) is 0. The van der Waals surface area contributed by atoms with E-state index in [4.69, 9.17) is 14.3 Å². The molecule has 36 heavy (non-hydrogen) atoms. The Morgan fingerprint density at radius 2 is 1.64 bits per heavy atom. The lowest BCUT2D eigenvalue weighted by Gasteiger charge is -2.29. The maximum atomic E-state index is 13.9. The Bertz CT molecular complexity index is 1270. The second-order valence-corrected chi connectivity index (χ2v) is 8.64. The molecule has 0 radical (unpaired) electrons. The van der Waals surface area contributed by atoms with Gasteiger partial charge >= 0.3 is 0 Å². The minimum atomic E-state index is -1.04. The van der Waals surface area contributed by atoms with Gasteiger partial charge in [-0.15, -0.1) is 0 Å². The number of halogens is 1. The van der Waals surface area contributed by atoms with Crippen LogP contribution in [0.4, 0.5) is 15.8 Å². The van der Waals surface area contributed by atoms with Crippen LogP contribution in [0.1, 0.15) is 31.9 Å². The summed E-state index contributed by atoms with van der Waals surface area (Å²) in [5.74, 6) is -1.16. The summed E-state index contributed by atoms with van der Waals surface area (Å²) in [4.78, 5) is 34.3. The van der Waals surface area contributed by atoms with E-state index in [1.165, 1.54) is 24.3 Å². The number of hydrogen-bond acceptors (Lipinski definition) is 6. The number of fused-ring (bicyclic) bond motifs is 1. The summed E-state index contributed by atoms with van der Waals surface area (Å²) in [6.07, 6.45) is -0.195. The van der Waals surface area contributed by atoms with Crippen molar-refractivity contribution >= 4 is 23.2 Å². The van der Waals surface area contributed by atoms with Crippen LogP contribution in [0.25, 0.3) is 0 Å². The zero-order chi connectivity index (χ0) is 25.2. The number of amides is 2. The van der Waals surface area contributed by atoms with Gasteiger partial charge in [0.1, 0.15) is 11.7 Å². The standard InChI is InChI=1S/C28H27FN2O5/c1-3-15-35-22-14-13-18(16-23(22)34-4-2)25-24-26(36-31(25)20-10-6-5-7-11-20)28(33)30(27(24)32)21-12-8-9-19(29)17-21/h5-14,16-17,24-26H,3-4,15H2,1-2H3/t24-,25-,26-/m1/s1. The van der Waals surface area contributed by atoms with Gasteiger partial charge in [0, 0.05) is 0 Å². The van der Waals surface area contributed by atoms with Crippen LogP contribution < -0.4 is 19.4 Å². The smallest absolute Gasteiger partial charge is 0.266 e. The highest BCUT2D eigenvalue weighted by molar-refractivity contribution is 6.23. The summed E-state index contributed by atoms with van der Waals surface area (Å²) < 4.78 is 25.6. The number of nitrogens with zero attached hydrogens (tertiary/aromatic N) is 2. The molecule has 2 heterocycles. The van der Waals surface area contributed by atoms with Crippen molar-refractivity contribution in [2.45, 2.75) is 32.4 Å². The number of carbonyl (C=O) groups excluding carboxylic acids is 2. The summed E-state index contributed by atoms with van der Waals surface area (Å²) in [5.41, 5.74) is 1.63. The number of ether oxygens (including phenoxy) is 2. The largest absolute Gasteiger partial charge is 0.490 e. The molecule has 186 valence electrons. The number of carbonyl (C=O) groups is 2. The number of anilines is 2. The third kappa shape index (κ3) is 4.18. The first-order valence-electron chi connectivity index (χ1n) is 12.1. The van der Waals surface area contributed by atoms with Gasteiger partial charge in [-0.2, -0.15) is 0 Å². The molecule has 0 saturated carbocycles. The molecule has 2 amide bonds. The average molecular weight is 491 g/mol. The summed E-state index contributed by atoms with van der Waals surface area (Å²) in [5, 5.41) is 1.62. The Kier molecular flexibility index (Phi) is 6.61. The number of para-hydroxylation sites is 1. The van der Waals surface area contributed by atoms with Gasteiger partial charge in [0.2, 0.25) is 5.91 Å². The molecule has 3 aromatic carbocycles. The van der Waals surface area contributed by atoms with Crippen LogP contribution in [0.3, 0.4) is 0 Å². The van der Waals surface area contributed by atoms with Crippen molar-refractivity contribution in [3.8, 4) is 11.5 Å². The van der Waals surface area contributed by atoms with Crippen molar-refractivity contribution in [1.29, 1.82) is 0 Å². The van der Waals surface area contributed by atoms with E-state index in [-0.39, 0.29) is 5.69 Å². The Labute approximate surface area is 208 Å². The van der Waals surface area contributed by atoms with Crippen molar-refractivity contribution in [2.75, 3.05) is 23.2 Å². The normalized spacial score (nSPS) is 21.1. The van der Waals surface area contributed by atoms with Crippen LogP contribution in [-0.4, -0.2) is 31.1 Å². The first-order chi connectivity index (χ1) is 17.5. The maximum Gasteiger partial charge on any atom is 0.266 e. The van der Waals surface area contributed by atoms with Crippen LogP contribution in [-0.2, 0) is 14.4 Å². The Morgan fingerprint density at radius 3 is 2.36 bits per heavy atom. The molecule has 5 rings (SSSR count). The van der Waals surface area contributed by atoms with Crippen molar-refractivity contribution < 1.29 is 28.3 Å². The topological polar surface area (TPSA) is 68.3 Å². The quantitative estimate of drug-likeness (QED) is 0.411. The predicted molar refractivity (Wildman–Crippen MR) is 132 cm³/mol. The Hall–Kier alpha value is -3.91. The zero-order valence-corrected chi connectivity index (χ0v) is 20.1. The Morgan fingerprint density at radius 1 is 0.861 bits per heavy atom.